The quantitative estimate of drug-likeness (QED) is 0.0128. The lowest BCUT2D eigenvalue weighted by molar-refractivity contribution is -0.154. The van der Waals surface area contributed by atoms with Crippen LogP contribution in [0.5, 0.6) is 0 Å². The first-order valence-corrected chi connectivity index (χ1v) is 37.9. The molecule has 27 nitrogen and oxygen atoms in total. The normalized spacial score (nSPS) is 24.2. The van der Waals surface area contributed by atoms with E-state index in [1.165, 1.54) is 111 Å². The summed E-state index contributed by atoms with van der Waals surface area (Å²) in [6.07, 6.45) is 0.250. The number of amidine groups is 3. The van der Waals surface area contributed by atoms with Gasteiger partial charge in [0.05, 0.1) is 61.9 Å². The smallest absolute Gasteiger partial charge is 0.338 e. The first-order chi connectivity index (χ1) is 53.4. The largest absolute Gasteiger partial charge is 0.480 e. The molecule has 6 N–H and O–H groups in total. The van der Waals surface area contributed by atoms with E-state index in [2.05, 4.69) is 35.8 Å². The number of likely N-dealkylation sites (tertiary alicyclic amines) is 2. The number of hydrogen-bond acceptors (Lipinski definition) is 27. The van der Waals surface area contributed by atoms with Crippen LogP contribution < -0.4 is 16.0 Å². The van der Waals surface area contributed by atoms with Crippen molar-refractivity contribution in [1.29, 1.82) is 0 Å². The minimum atomic E-state index is -3.15. The number of aliphatic carboxylic acids is 3. The Morgan fingerprint density at radius 1 is 0.545 bits per heavy atom. The number of carbonyl (C=O) groups is 6. The number of carboxylic acids is 3. The van der Waals surface area contributed by atoms with E-state index < -0.39 is 133 Å². The molecule has 4 unspecified atom stereocenters. The van der Waals surface area contributed by atoms with E-state index in [4.69, 9.17) is 58.7 Å². The highest BCUT2D eigenvalue weighted by Crippen LogP contribution is 2.44. The van der Waals surface area contributed by atoms with Gasteiger partial charge in [0.25, 0.3) is 5.92 Å². The molecular formula is C75H81F7N12O15S3. The van der Waals surface area contributed by atoms with Gasteiger partial charge in [-0.25, -0.2) is 89.4 Å². The van der Waals surface area contributed by atoms with E-state index in [1.807, 2.05) is 5.38 Å². The number of aliphatic imine (C=N–C) groups is 3. The van der Waals surface area contributed by atoms with Gasteiger partial charge in [0.15, 0.2) is 32.5 Å². The molecule has 7 atom stereocenters. The van der Waals surface area contributed by atoms with E-state index in [1.54, 1.807) is 83.0 Å². The second kappa shape index (κ2) is 37.6. The van der Waals surface area contributed by atoms with Crippen LogP contribution in [0.3, 0.4) is 0 Å². The summed E-state index contributed by atoms with van der Waals surface area (Å²) in [6, 6.07) is 17.0. The molecule has 0 aliphatic carbocycles. The number of nitrogens with zero attached hydrogens (tertiary/aromatic N) is 9. The molecule has 3 saturated heterocycles. The van der Waals surface area contributed by atoms with Gasteiger partial charge >= 0.3 is 35.8 Å². The molecular weight excluding hydrogens is 1540 g/mol. The minimum absolute atomic E-state index is 0.0150. The molecule has 0 bridgehead atoms. The van der Waals surface area contributed by atoms with Crippen LogP contribution >= 0.6 is 34.0 Å². The molecule has 0 spiro atoms. The van der Waals surface area contributed by atoms with E-state index in [-0.39, 0.29) is 69.4 Å². The van der Waals surface area contributed by atoms with E-state index >= 15 is 0 Å². The van der Waals surface area contributed by atoms with Crippen molar-refractivity contribution >= 4 is 87.3 Å². The summed E-state index contributed by atoms with van der Waals surface area (Å²) in [5.74, 6) is -8.86. The summed E-state index contributed by atoms with van der Waals surface area (Å²) in [6.45, 7) is 9.37. The zero-order valence-corrected chi connectivity index (χ0v) is 63.8. The first-order valence-electron chi connectivity index (χ1n) is 35.3. The number of rotatable bonds is 26. The Morgan fingerprint density at radius 3 is 1.28 bits per heavy atom. The Balaban J connectivity index is 0.000000178. The standard InChI is InChI=1S/2C25H27F3N4O5S.C25H27FN4O5S/c1-3-36-23(35)20-18(12-32-11-17(37-13-19(33)34)10-25(27,28)14-32)30-21(22-29-8-9-38-22)31-24(20,2)15-4-6-16(26)7-5-15;1-3-36-24(35)20-18(12-32-10-16(27)21(17(28)11-32)37-13-19(33)34)30-22(23-29-8-9-38-23)31-25(20,2)14-4-6-15(26)7-5-14;1-3-34-24(33)21-19(15-30-11-12-35-18(14-30)8-9-20(31)32)28-22(23-27-10-13-36-23)29-25(21,2)16-4-6-17(26)7-5-16/h4-9,17H,3,10-14H2,1-2H3,(H,30,31)(H,33,34);4-9,16-17,21H,3,10-13H2,1-2H3,(H,30,31)(H,33,34);4-10,13,18H,3,11-12,14-15H2,1-2H3,(H,28,29)(H,31,32)/b;;9-8+/t17?,24-;16?,17?,21?,25-;18?,25-/m000/s1. The fraction of sp³-hybridized carbons (Fsp3) is 0.413. The molecule has 6 aromatic rings. The summed E-state index contributed by atoms with van der Waals surface area (Å²) in [5, 5.41) is 43.2. The Hall–Kier alpha value is -9.99. The maximum atomic E-state index is 14.9. The number of esters is 3. The number of ether oxygens (including phenoxy) is 6. The third-order valence-electron chi connectivity index (χ3n) is 18.4. The van der Waals surface area contributed by atoms with Crippen LogP contribution in [-0.2, 0) is 73.8 Å². The average Bonchev–Trinajstić information content (AvgIpc) is 1.10. The Morgan fingerprint density at radius 2 is 0.920 bits per heavy atom. The number of alkyl halides is 4. The van der Waals surface area contributed by atoms with Crippen LogP contribution in [-0.4, -0.2) is 233 Å². The number of nitrogens with one attached hydrogen (secondary N) is 3. The zero-order valence-electron chi connectivity index (χ0n) is 61.4. The molecule has 3 aromatic heterocycles. The topological polar surface area (TPSA) is 340 Å². The zero-order chi connectivity index (χ0) is 80.7. The predicted molar refractivity (Wildman–Crippen MR) is 398 cm³/mol. The van der Waals surface area contributed by atoms with Crippen LogP contribution in [0.4, 0.5) is 30.7 Å². The molecule has 112 heavy (non-hydrogen) atoms. The van der Waals surface area contributed by atoms with Crippen LogP contribution in [0, 0.1) is 17.5 Å². The van der Waals surface area contributed by atoms with Gasteiger partial charge < -0.3 is 59.7 Å². The third-order valence-corrected chi connectivity index (χ3v) is 20.7. The van der Waals surface area contributed by atoms with E-state index in [0.29, 0.717) is 92.4 Å². The van der Waals surface area contributed by atoms with Crippen LogP contribution in [0.25, 0.3) is 0 Å². The van der Waals surface area contributed by atoms with Gasteiger partial charge in [-0.05, 0) is 101 Å². The molecule has 12 rings (SSSR count). The predicted octanol–water partition coefficient (Wildman–Crippen LogP) is 8.71. The number of aromatic nitrogens is 3. The van der Waals surface area contributed by atoms with Gasteiger partial charge in [0.1, 0.15) is 65.7 Å². The molecule has 0 amide bonds. The second-order valence-electron chi connectivity index (χ2n) is 26.5. The molecule has 0 saturated carbocycles. The highest BCUT2D eigenvalue weighted by atomic mass is 32.1. The van der Waals surface area contributed by atoms with Crippen molar-refractivity contribution in [2.75, 3.05) is 98.5 Å². The fourth-order valence-corrected chi connectivity index (χ4v) is 15.3. The Labute approximate surface area is 650 Å². The highest BCUT2D eigenvalue weighted by molar-refractivity contribution is 7.12. The van der Waals surface area contributed by atoms with Gasteiger partial charge in [-0.1, -0.05) is 36.4 Å². The van der Waals surface area contributed by atoms with Crippen molar-refractivity contribution in [2.45, 2.75) is 101 Å². The summed E-state index contributed by atoms with van der Waals surface area (Å²) in [4.78, 5) is 105. The number of piperidine rings is 2. The summed E-state index contributed by atoms with van der Waals surface area (Å²) < 4.78 is 132. The molecule has 3 aromatic carbocycles. The lowest BCUT2D eigenvalue weighted by Gasteiger charge is -2.40. The monoisotopic (exact) mass is 1620 g/mol. The molecule has 6 aliphatic rings. The van der Waals surface area contributed by atoms with Gasteiger partial charge in [-0.15, -0.1) is 34.0 Å². The minimum Gasteiger partial charge on any atom is -0.480 e. The Bertz CT molecular complexity index is 4550. The van der Waals surface area contributed by atoms with Crippen LogP contribution in [0.15, 0.2) is 168 Å². The van der Waals surface area contributed by atoms with E-state index in [0.717, 1.165) is 6.08 Å². The van der Waals surface area contributed by atoms with E-state index in [9.17, 15) is 59.5 Å². The van der Waals surface area contributed by atoms with Crippen molar-refractivity contribution in [2.24, 2.45) is 15.0 Å². The number of hydrogen-bond donors (Lipinski definition) is 6. The van der Waals surface area contributed by atoms with Crippen molar-refractivity contribution in [3.05, 3.63) is 203 Å². The molecule has 6 aliphatic heterocycles. The number of benzene rings is 3. The van der Waals surface area contributed by atoms with Gasteiger partial charge in [0, 0.05) is 117 Å². The molecule has 0 radical (unpaired) electrons. The summed E-state index contributed by atoms with van der Waals surface area (Å²) >= 11 is 4.00. The first kappa shape index (κ1) is 84.5. The number of carbonyl (C=O) groups excluding carboxylic acids is 3. The summed E-state index contributed by atoms with van der Waals surface area (Å²) in [7, 11) is 0. The van der Waals surface area contributed by atoms with Crippen LogP contribution in [0.2, 0.25) is 0 Å². The maximum absolute atomic E-state index is 14.9. The number of halogens is 7. The van der Waals surface area contributed by atoms with Gasteiger partial charge in [0.2, 0.25) is 0 Å². The molecule has 598 valence electrons. The van der Waals surface area contributed by atoms with Crippen molar-refractivity contribution < 1.29 is 103 Å². The third kappa shape index (κ3) is 21.0. The summed E-state index contributed by atoms with van der Waals surface area (Å²) in [5.41, 5.74) is -0.573. The van der Waals surface area contributed by atoms with Crippen molar-refractivity contribution in [3.63, 3.8) is 0 Å². The van der Waals surface area contributed by atoms with Crippen molar-refractivity contribution in [1.82, 2.24) is 45.6 Å². The van der Waals surface area contributed by atoms with Crippen molar-refractivity contribution in [3.8, 4) is 0 Å². The lowest BCUT2D eigenvalue weighted by Crippen LogP contribution is -2.55. The molecule has 37 heteroatoms. The maximum Gasteiger partial charge on any atom is 0.338 e. The molecule has 9 heterocycles. The second-order valence-corrected chi connectivity index (χ2v) is 29.2. The lowest BCUT2D eigenvalue weighted by atomic mass is 9.82. The number of thiazole rings is 3. The molecule has 3 fully saturated rings. The highest BCUT2D eigenvalue weighted by Gasteiger charge is 2.49. The fourth-order valence-electron chi connectivity index (χ4n) is 13.5. The van der Waals surface area contributed by atoms with Gasteiger partial charge in [-0.3, -0.25) is 14.7 Å². The number of morpholine rings is 1. The van der Waals surface area contributed by atoms with Crippen LogP contribution in [0.1, 0.15) is 79.7 Å². The Kier molecular flexibility index (Phi) is 28.3. The van der Waals surface area contributed by atoms with Gasteiger partial charge in [-0.2, -0.15) is 0 Å². The number of carboxylic acid groups (broad SMARTS) is 3. The SMILES string of the molecule is CCOC(=O)C1=C(CN2CC(F)C(OCC(=O)O)C(F)C2)NC(c2nccs2)=N[C@@]1(C)c1ccc(F)cc1.CCOC(=O)C1=C(CN2CC(OCC(=O)O)CC(F)(F)C2)NC(c2nccs2)=N[C@@]1(C)c1ccc(F)cc1.CCOC(=O)C1=C(CN2CCOC(/C=C/C(=O)O)C2)NC(c2nccs2)=N[C@@]1(C)c1ccc(F)cc1. The average molecular weight is 1620 g/mol.